The molecule has 0 radical (unpaired) electrons. The molecule has 2 atom stereocenters. The molecule has 1 saturated heterocycles. The summed E-state index contributed by atoms with van der Waals surface area (Å²) >= 11 is 0. The number of rotatable bonds is 6. The summed E-state index contributed by atoms with van der Waals surface area (Å²) in [5.41, 5.74) is 7.51. The summed E-state index contributed by atoms with van der Waals surface area (Å²) in [5.74, 6) is 5.59. The minimum atomic E-state index is -0.646. The van der Waals surface area contributed by atoms with Crippen molar-refractivity contribution < 1.29 is 14.3 Å². The van der Waals surface area contributed by atoms with Crippen LogP contribution in [-0.4, -0.2) is 74.4 Å². The van der Waals surface area contributed by atoms with Crippen LogP contribution in [0.4, 0.5) is 5.82 Å². The van der Waals surface area contributed by atoms with E-state index in [-0.39, 0.29) is 29.2 Å². The van der Waals surface area contributed by atoms with Crippen molar-refractivity contribution in [2.24, 2.45) is 5.73 Å². The van der Waals surface area contributed by atoms with Gasteiger partial charge in [-0.2, -0.15) is 10.2 Å². The highest BCUT2D eigenvalue weighted by atomic mass is 16.5. The molecule has 1 aliphatic heterocycles. The van der Waals surface area contributed by atoms with Crippen molar-refractivity contribution >= 4 is 23.3 Å². The Morgan fingerprint density at radius 2 is 2.21 bits per heavy atom. The van der Waals surface area contributed by atoms with E-state index in [4.69, 9.17) is 10.5 Å². The van der Waals surface area contributed by atoms with E-state index in [1.54, 1.807) is 40.5 Å². The van der Waals surface area contributed by atoms with Crippen molar-refractivity contribution in [1.29, 1.82) is 0 Å². The lowest BCUT2D eigenvalue weighted by atomic mass is 10.1. The van der Waals surface area contributed by atoms with Crippen molar-refractivity contribution in [3.8, 4) is 11.8 Å². The lowest BCUT2D eigenvalue weighted by Crippen LogP contribution is -2.37. The standard InChI is InChI=1S/C22H24N8O3/c1-4-19(31)28-11-15(9-16(28)12-33-3)30-22(24-2)20(21(23)32)17(27-30)7-5-14-6-8-18-25-13-26-29(18)10-14/h4,6,8,10,13,15-16,24H,1,9,11-12H2,2-3H3,(H2,23,32)/t15-,16+/m0/s1. The van der Waals surface area contributed by atoms with E-state index < -0.39 is 5.91 Å². The molecule has 0 aromatic carbocycles. The number of anilines is 1. The van der Waals surface area contributed by atoms with Gasteiger partial charge in [-0.3, -0.25) is 9.59 Å². The number of fused-ring (bicyclic) bond motifs is 1. The van der Waals surface area contributed by atoms with Crippen molar-refractivity contribution in [3.63, 3.8) is 0 Å². The lowest BCUT2D eigenvalue weighted by molar-refractivity contribution is -0.127. The second-order valence-electron chi connectivity index (χ2n) is 7.56. The normalized spacial score (nSPS) is 17.6. The molecule has 3 aromatic heterocycles. The fraction of sp³-hybridized carbons (Fsp3) is 0.318. The van der Waals surface area contributed by atoms with Gasteiger partial charge in [-0.1, -0.05) is 12.5 Å². The highest BCUT2D eigenvalue weighted by molar-refractivity contribution is 6.00. The zero-order valence-corrected chi connectivity index (χ0v) is 18.4. The van der Waals surface area contributed by atoms with Crippen LogP contribution in [0.3, 0.4) is 0 Å². The topological polar surface area (TPSA) is 133 Å². The first-order valence-electron chi connectivity index (χ1n) is 10.3. The number of nitrogens with one attached hydrogen (secondary N) is 1. The first-order chi connectivity index (χ1) is 16.0. The Hall–Kier alpha value is -4.17. The number of carbonyl (C=O) groups is 2. The van der Waals surface area contributed by atoms with E-state index in [2.05, 4.69) is 38.9 Å². The van der Waals surface area contributed by atoms with Crippen LogP contribution in [-0.2, 0) is 9.53 Å². The summed E-state index contributed by atoms with van der Waals surface area (Å²) in [4.78, 5) is 30.5. The van der Waals surface area contributed by atoms with Crippen LogP contribution in [0.15, 0.2) is 37.3 Å². The third kappa shape index (κ3) is 4.16. The number of aromatic nitrogens is 5. The largest absolute Gasteiger partial charge is 0.383 e. The molecule has 2 amide bonds. The van der Waals surface area contributed by atoms with E-state index in [1.807, 2.05) is 6.07 Å². The van der Waals surface area contributed by atoms with E-state index in [1.165, 1.54) is 12.4 Å². The zero-order chi connectivity index (χ0) is 23.5. The Morgan fingerprint density at radius 1 is 1.39 bits per heavy atom. The van der Waals surface area contributed by atoms with Gasteiger partial charge >= 0.3 is 0 Å². The van der Waals surface area contributed by atoms with Gasteiger partial charge in [-0.05, 0) is 30.6 Å². The summed E-state index contributed by atoms with van der Waals surface area (Å²) in [6.07, 6.45) is 5.07. The molecule has 0 saturated carbocycles. The maximum absolute atomic E-state index is 12.3. The number of hydrogen-bond donors (Lipinski definition) is 2. The molecule has 170 valence electrons. The van der Waals surface area contributed by atoms with E-state index in [0.717, 1.165) is 0 Å². The fourth-order valence-electron chi connectivity index (χ4n) is 4.09. The monoisotopic (exact) mass is 448 g/mol. The van der Waals surface area contributed by atoms with Gasteiger partial charge < -0.3 is 20.7 Å². The predicted molar refractivity (Wildman–Crippen MR) is 120 cm³/mol. The van der Waals surface area contributed by atoms with Gasteiger partial charge in [0.1, 0.15) is 17.7 Å². The van der Waals surface area contributed by atoms with Crippen LogP contribution in [0.1, 0.15) is 34.1 Å². The molecule has 11 heteroatoms. The van der Waals surface area contributed by atoms with Crippen LogP contribution in [0.5, 0.6) is 0 Å². The molecule has 4 rings (SSSR count). The molecular formula is C22H24N8O3. The van der Waals surface area contributed by atoms with Crippen molar-refractivity contribution in [1.82, 2.24) is 29.3 Å². The number of likely N-dealkylation sites (tertiary alicyclic amines) is 1. The summed E-state index contributed by atoms with van der Waals surface area (Å²) in [5, 5.41) is 11.7. The number of primary amides is 1. The summed E-state index contributed by atoms with van der Waals surface area (Å²) in [7, 11) is 3.27. The molecule has 0 spiro atoms. The number of ether oxygens (including phenoxy) is 1. The second-order valence-corrected chi connectivity index (χ2v) is 7.56. The van der Waals surface area contributed by atoms with Gasteiger partial charge in [-0.25, -0.2) is 14.2 Å². The van der Waals surface area contributed by atoms with E-state index >= 15 is 0 Å². The van der Waals surface area contributed by atoms with Crippen LogP contribution >= 0.6 is 0 Å². The fourth-order valence-corrected chi connectivity index (χ4v) is 4.09. The molecule has 11 nitrogen and oxygen atoms in total. The predicted octanol–water partition coefficient (Wildman–Crippen LogP) is 0.441. The number of amides is 2. The highest BCUT2D eigenvalue weighted by Gasteiger charge is 2.37. The number of carbonyl (C=O) groups excluding carboxylic acids is 2. The van der Waals surface area contributed by atoms with Gasteiger partial charge in [0, 0.05) is 32.5 Å². The van der Waals surface area contributed by atoms with Crippen LogP contribution in [0.25, 0.3) is 5.65 Å². The summed E-state index contributed by atoms with van der Waals surface area (Å²) < 4.78 is 8.58. The smallest absolute Gasteiger partial charge is 0.255 e. The Bertz CT molecular complexity index is 1280. The zero-order valence-electron chi connectivity index (χ0n) is 18.4. The van der Waals surface area contributed by atoms with Crippen molar-refractivity contribution in [2.75, 3.05) is 32.6 Å². The second kappa shape index (κ2) is 9.13. The molecule has 4 heterocycles. The lowest BCUT2D eigenvalue weighted by Gasteiger charge is -2.22. The molecule has 0 unspecified atom stereocenters. The van der Waals surface area contributed by atoms with Crippen molar-refractivity contribution in [2.45, 2.75) is 18.5 Å². The molecule has 3 aromatic rings. The first-order valence-corrected chi connectivity index (χ1v) is 10.3. The third-order valence-corrected chi connectivity index (χ3v) is 5.55. The Morgan fingerprint density at radius 3 is 2.91 bits per heavy atom. The Labute approximate surface area is 190 Å². The van der Waals surface area contributed by atoms with Gasteiger partial charge in [0.25, 0.3) is 5.91 Å². The van der Waals surface area contributed by atoms with Crippen molar-refractivity contribution in [3.05, 3.63) is 54.1 Å². The number of hydrogen-bond acceptors (Lipinski definition) is 7. The SMILES string of the molecule is C=CC(=O)N1C[C@@H](n2nc(C#Cc3ccc4ncnn4c3)c(C(N)=O)c2NC)C[C@@H]1COC. The Balaban J connectivity index is 1.72. The third-order valence-electron chi connectivity index (χ3n) is 5.55. The maximum Gasteiger partial charge on any atom is 0.255 e. The summed E-state index contributed by atoms with van der Waals surface area (Å²) in [6, 6.07) is 3.27. The van der Waals surface area contributed by atoms with Crippen LogP contribution < -0.4 is 11.1 Å². The quantitative estimate of drug-likeness (QED) is 0.413. The highest BCUT2D eigenvalue weighted by Crippen LogP contribution is 2.32. The van der Waals surface area contributed by atoms with Gasteiger partial charge in [-0.15, -0.1) is 0 Å². The van der Waals surface area contributed by atoms with E-state index in [0.29, 0.717) is 36.6 Å². The number of nitrogens with two attached hydrogens (primary N) is 1. The molecule has 0 bridgehead atoms. The van der Waals surface area contributed by atoms with Gasteiger partial charge in [0.15, 0.2) is 11.3 Å². The van der Waals surface area contributed by atoms with Gasteiger partial charge in [0.05, 0.1) is 18.7 Å². The molecule has 1 aliphatic rings. The molecular weight excluding hydrogens is 424 g/mol. The Kier molecular flexibility index (Phi) is 6.10. The summed E-state index contributed by atoms with van der Waals surface area (Å²) in [6.45, 7) is 4.36. The van der Waals surface area contributed by atoms with Crippen LogP contribution in [0, 0.1) is 11.8 Å². The minimum Gasteiger partial charge on any atom is -0.383 e. The van der Waals surface area contributed by atoms with E-state index in [9.17, 15) is 9.59 Å². The van der Waals surface area contributed by atoms with Crippen LogP contribution in [0.2, 0.25) is 0 Å². The average Bonchev–Trinajstić information content (AvgIpc) is 3.53. The molecule has 0 aliphatic carbocycles. The number of nitrogens with zero attached hydrogens (tertiary/aromatic N) is 6. The average molecular weight is 448 g/mol. The number of methoxy groups -OCH3 is 1. The minimum absolute atomic E-state index is 0.139. The molecule has 1 fully saturated rings. The number of pyridine rings is 1. The molecule has 33 heavy (non-hydrogen) atoms. The first kappa shape index (κ1) is 22.0. The van der Waals surface area contributed by atoms with Gasteiger partial charge in [0.2, 0.25) is 5.91 Å². The molecule has 3 N–H and O–H groups in total. The maximum atomic E-state index is 12.3.